The second-order valence-electron chi connectivity index (χ2n) is 22.6. The van der Waals surface area contributed by atoms with Gasteiger partial charge in [-0.05, 0) is 130 Å². The number of fused-ring (bicyclic) bond motifs is 6. The third-order valence-corrected chi connectivity index (χ3v) is 18.8. The number of phenolic OH excluding ortho intramolecular Hbond substituents is 1. The number of hydrazine groups is 1. The van der Waals surface area contributed by atoms with Crippen LogP contribution in [-0.2, 0) is 76.0 Å². The molecule has 7 atom stereocenters. The number of nitrogens with one attached hydrogen (secondary N) is 2. The SMILES string of the molecule is CCn1c(-c2cnccc2COC)c2c3cc(ccc31)-c1cc(O)cc(c1)C[C@H](NC(=O)[C@H](C(C)C)N(C)C(=O)CN(C)S(=O)(=O)[C@@H]1[C@H](C3CC3)N1[S+]([O-])C(C)(C)C)C(=O)N1CCC[C@H](N1)C(=O)OCC(C)(C)C2. The lowest BCUT2D eigenvalue weighted by Crippen LogP contribution is -2.62. The van der Waals surface area contributed by atoms with Gasteiger partial charge in [-0.2, -0.15) is 4.31 Å². The van der Waals surface area contributed by atoms with E-state index in [9.17, 15) is 37.3 Å². The summed E-state index contributed by atoms with van der Waals surface area (Å²) in [5.41, 5.74) is 9.43. The number of carbonyl (C=O) groups excluding carboxylic acids is 4. The molecule has 0 radical (unpaired) electrons. The number of hydrogen-bond donors (Lipinski definition) is 3. The number of likely N-dealkylation sites (N-methyl/N-ethyl adjacent to an activating group) is 2. The second kappa shape index (κ2) is 21.5. The Morgan fingerprint density at radius 2 is 1.81 bits per heavy atom. The summed E-state index contributed by atoms with van der Waals surface area (Å²) in [4.78, 5) is 63.4. The van der Waals surface area contributed by atoms with Crippen LogP contribution in [0.2, 0.25) is 0 Å². The number of esters is 1. The number of cyclic esters (lactones) is 1. The molecule has 2 aromatic heterocycles. The fourth-order valence-corrected chi connectivity index (χ4v) is 14.5. The first-order chi connectivity index (χ1) is 34.9. The normalized spacial score (nSPS) is 23.3. The van der Waals surface area contributed by atoms with E-state index in [1.54, 1.807) is 64.4 Å². The maximum Gasteiger partial charge on any atom is 0.324 e. The van der Waals surface area contributed by atoms with Crippen molar-refractivity contribution in [3.05, 3.63) is 71.5 Å². The third kappa shape index (κ3) is 11.4. The van der Waals surface area contributed by atoms with E-state index in [1.807, 2.05) is 24.4 Å². The molecule has 4 aromatic rings. The van der Waals surface area contributed by atoms with Gasteiger partial charge in [0, 0.05) is 86.4 Å². The van der Waals surface area contributed by atoms with Crippen molar-refractivity contribution in [2.75, 3.05) is 40.9 Å². The summed E-state index contributed by atoms with van der Waals surface area (Å²) in [6.07, 6.45) is 6.60. The molecule has 6 bridgehead atoms. The zero-order valence-electron chi connectivity index (χ0n) is 44.6. The first-order valence-corrected chi connectivity index (χ1v) is 28.3. The number of carbonyl (C=O) groups is 4. The summed E-state index contributed by atoms with van der Waals surface area (Å²) >= 11 is -1.58. The summed E-state index contributed by atoms with van der Waals surface area (Å²) in [6, 6.07) is 9.54. The van der Waals surface area contributed by atoms with Gasteiger partial charge < -0.3 is 33.9 Å². The van der Waals surface area contributed by atoms with Crippen LogP contribution in [0.3, 0.4) is 0 Å². The number of amides is 3. The van der Waals surface area contributed by atoms with Gasteiger partial charge in [0.05, 0.1) is 31.5 Å². The van der Waals surface area contributed by atoms with E-state index in [4.69, 9.17) is 9.47 Å². The molecule has 8 rings (SSSR count). The van der Waals surface area contributed by atoms with Crippen molar-refractivity contribution >= 4 is 56.0 Å². The van der Waals surface area contributed by atoms with Gasteiger partial charge >= 0.3 is 5.97 Å². The summed E-state index contributed by atoms with van der Waals surface area (Å²) in [5.74, 6) is -2.80. The number of phenols is 1. The molecule has 18 nitrogen and oxygen atoms in total. The largest absolute Gasteiger partial charge is 0.597 e. The monoisotopic (exact) mass is 1060 g/mol. The van der Waals surface area contributed by atoms with Crippen LogP contribution in [0.1, 0.15) is 97.8 Å². The summed E-state index contributed by atoms with van der Waals surface area (Å²) in [5, 5.41) is 15.6. The molecule has 3 aliphatic heterocycles. The number of ether oxygens (including phenoxy) is 2. The minimum Gasteiger partial charge on any atom is -0.597 e. The van der Waals surface area contributed by atoms with Crippen LogP contribution in [0.5, 0.6) is 5.75 Å². The third-order valence-electron chi connectivity index (χ3n) is 14.7. The molecule has 3 amide bonds. The van der Waals surface area contributed by atoms with E-state index in [2.05, 4.69) is 53.2 Å². The van der Waals surface area contributed by atoms with Crippen molar-refractivity contribution in [3.8, 4) is 28.1 Å². The maximum atomic E-state index is 14.8. The number of methoxy groups -OCH3 is 1. The fourth-order valence-electron chi connectivity index (χ4n) is 10.8. The van der Waals surface area contributed by atoms with Crippen molar-refractivity contribution in [2.45, 2.75) is 141 Å². The van der Waals surface area contributed by atoms with Gasteiger partial charge in [0.15, 0.2) is 5.37 Å². The standard InChI is InChI=1S/C54H74N8O10S2/c1-12-60-44-18-17-35-26-39(44)40(48(60)41-28-55-20-19-36(41)30-71-11)27-54(7,8)31-72-52(67)42-14-13-21-61(57-42)50(66)43(24-33-22-37(35)25-38(63)23-33)56-49(65)46(32(2)3)59(10)45(64)29-58(9)74(69,70)51-47(34-15-16-34)62(51)73(68)53(4,5)6/h17-20,22-23,25-26,28,32,34,42-43,46-47,51,57,63H,12-16,21,24,27,29-31H2,1-11H3,(H,56,65)/t42-,43-,46-,47-,51+,62?,73?/m0/s1. The minimum absolute atomic E-state index is 0.0527. The van der Waals surface area contributed by atoms with Crippen molar-refractivity contribution in [2.24, 2.45) is 17.3 Å². The Morgan fingerprint density at radius 3 is 2.47 bits per heavy atom. The molecule has 1 saturated carbocycles. The highest BCUT2D eigenvalue weighted by molar-refractivity contribution is 7.94. The first-order valence-electron chi connectivity index (χ1n) is 25.7. The van der Waals surface area contributed by atoms with Gasteiger partial charge in [-0.25, -0.2) is 13.8 Å². The summed E-state index contributed by atoms with van der Waals surface area (Å²) in [6.45, 7) is 15.8. The first kappa shape index (κ1) is 55.2. The Labute approximate surface area is 438 Å². The van der Waals surface area contributed by atoms with E-state index in [-0.39, 0.29) is 31.2 Å². The lowest BCUT2D eigenvalue weighted by molar-refractivity contribution is -0.155. The summed E-state index contributed by atoms with van der Waals surface area (Å²) < 4.78 is 57.5. The number of aromatic hydroxyl groups is 1. The Kier molecular flexibility index (Phi) is 16.0. The van der Waals surface area contributed by atoms with E-state index < -0.39 is 97.2 Å². The van der Waals surface area contributed by atoms with Crippen LogP contribution in [0.25, 0.3) is 33.3 Å². The van der Waals surface area contributed by atoms with Gasteiger partial charge in [-0.1, -0.05) is 44.1 Å². The summed E-state index contributed by atoms with van der Waals surface area (Å²) in [7, 11) is 0.297. The molecule has 74 heavy (non-hydrogen) atoms. The van der Waals surface area contributed by atoms with Crippen LogP contribution in [0.15, 0.2) is 54.9 Å². The van der Waals surface area contributed by atoms with Gasteiger partial charge in [0.2, 0.25) is 21.8 Å². The smallest absolute Gasteiger partial charge is 0.324 e. The average molecular weight is 1060 g/mol. The predicted octanol–water partition coefficient (Wildman–Crippen LogP) is 5.52. The molecule has 0 spiro atoms. The maximum absolute atomic E-state index is 14.8. The lowest BCUT2D eigenvalue weighted by Gasteiger charge is -2.37. The van der Waals surface area contributed by atoms with Crippen molar-refractivity contribution < 1.29 is 46.7 Å². The van der Waals surface area contributed by atoms with Crippen molar-refractivity contribution in [3.63, 3.8) is 0 Å². The number of sulfonamides is 1. The molecule has 20 heteroatoms. The molecule has 3 fully saturated rings. The molecule has 1 aliphatic carbocycles. The number of nitrogens with zero attached hydrogens (tertiary/aromatic N) is 6. The molecule has 5 heterocycles. The Morgan fingerprint density at radius 1 is 1.08 bits per heavy atom. The Balaban J connectivity index is 1.12. The topological polar surface area (TPSA) is 219 Å². The highest BCUT2D eigenvalue weighted by atomic mass is 32.2. The highest BCUT2D eigenvalue weighted by Gasteiger charge is 2.70. The Bertz CT molecular complexity index is 2900. The zero-order valence-corrected chi connectivity index (χ0v) is 46.3. The number of pyridine rings is 1. The van der Waals surface area contributed by atoms with Gasteiger partial charge in [-0.15, -0.1) is 0 Å². The van der Waals surface area contributed by atoms with Gasteiger partial charge in [0.25, 0.3) is 5.91 Å². The quantitative estimate of drug-likeness (QED) is 0.0807. The number of hydrogen-bond acceptors (Lipinski definition) is 13. The zero-order chi connectivity index (χ0) is 53.8. The van der Waals surface area contributed by atoms with Crippen LogP contribution >= 0.6 is 0 Å². The molecule has 2 saturated heterocycles. The number of aryl methyl sites for hydroxylation is 1. The predicted molar refractivity (Wildman–Crippen MR) is 284 cm³/mol. The molecule has 2 aromatic carbocycles. The highest BCUT2D eigenvalue weighted by Crippen LogP contribution is 2.52. The molecule has 2 unspecified atom stereocenters. The van der Waals surface area contributed by atoms with E-state index >= 15 is 0 Å². The molecule has 3 N–H and O–H groups in total. The molecular weight excluding hydrogens is 985 g/mol. The minimum atomic E-state index is -4.12. The molecular formula is C54H74N8O10S2. The lowest BCUT2D eigenvalue weighted by atomic mass is 9.84. The van der Waals surface area contributed by atoms with Crippen molar-refractivity contribution in [1.82, 2.24) is 38.8 Å². The molecule has 402 valence electrons. The van der Waals surface area contributed by atoms with Crippen LogP contribution < -0.4 is 10.7 Å². The second-order valence-corrected chi connectivity index (χ2v) is 26.9. The van der Waals surface area contributed by atoms with E-state index in [0.29, 0.717) is 43.5 Å². The van der Waals surface area contributed by atoms with E-state index in [0.717, 1.165) is 56.0 Å². The van der Waals surface area contributed by atoms with Crippen LogP contribution in [0.4, 0.5) is 0 Å². The van der Waals surface area contributed by atoms with Crippen molar-refractivity contribution in [1.29, 1.82) is 0 Å². The average Bonchev–Trinajstić information content (AvgIpc) is 4.28. The van der Waals surface area contributed by atoms with Gasteiger partial charge in [-0.3, -0.25) is 29.2 Å². The number of rotatable bonds is 14. The van der Waals surface area contributed by atoms with Crippen LogP contribution in [0, 0.1) is 17.3 Å². The fraction of sp³-hybridized carbons (Fsp3) is 0.574. The Hall–Kier alpha value is -5.09. The van der Waals surface area contributed by atoms with E-state index in [1.165, 1.54) is 24.0 Å². The van der Waals surface area contributed by atoms with Gasteiger partial charge in [0.1, 0.15) is 28.6 Å². The molecule has 4 aliphatic rings. The van der Waals surface area contributed by atoms with Crippen LogP contribution in [-0.4, -0.2) is 145 Å². The number of benzene rings is 2. The number of aromatic nitrogens is 2.